The third kappa shape index (κ3) is 4.17. The Kier molecular flexibility index (Phi) is 4.88. The molecule has 9 heteroatoms. The normalized spacial score (nSPS) is 15.4. The lowest BCUT2D eigenvalue weighted by atomic mass is 10.2. The summed E-state index contributed by atoms with van der Waals surface area (Å²) >= 11 is 5.87. The van der Waals surface area contributed by atoms with Crippen molar-refractivity contribution in [2.45, 2.75) is 12.6 Å². The van der Waals surface area contributed by atoms with Crippen LogP contribution in [0, 0.1) is 0 Å². The summed E-state index contributed by atoms with van der Waals surface area (Å²) in [7, 11) is 0. The van der Waals surface area contributed by atoms with Crippen molar-refractivity contribution in [2.24, 2.45) is 0 Å². The molecule has 2 aromatic carbocycles. The van der Waals surface area contributed by atoms with Crippen molar-refractivity contribution in [3.8, 4) is 22.9 Å². The summed E-state index contributed by atoms with van der Waals surface area (Å²) < 4.78 is 11.4. The number of carbonyl (C=O) groups excluding carboxylic acids is 1. The maximum atomic E-state index is 12.1. The minimum atomic E-state index is -0.253. The third-order valence-corrected chi connectivity index (χ3v) is 4.19. The number of tetrazole rings is 1. The van der Waals surface area contributed by atoms with Gasteiger partial charge in [-0.3, -0.25) is 4.79 Å². The minimum absolute atomic E-state index is 0.0370. The van der Waals surface area contributed by atoms with Gasteiger partial charge < -0.3 is 14.8 Å². The molecule has 2 heterocycles. The molecule has 0 fully saturated rings. The van der Waals surface area contributed by atoms with Crippen molar-refractivity contribution >= 4 is 17.5 Å². The molecule has 3 aromatic rings. The average Bonchev–Trinajstić information content (AvgIpc) is 3.15. The molecule has 0 bridgehead atoms. The Hall–Kier alpha value is -3.13. The van der Waals surface area contributed by atoms with E-state index in [1.807, 2.05) is 24.3 Å². The summed E-state index contributed by atoms with van der Waals surface area (Å²) in [5, 5.41) is 15.5. The Labute approximate surface area is 160 Å². The third-order valence-electron chi connectivity index (χ3n) is 3.93. The van der Waals surface area contributed by atoms with Gasteiger partial charge in [-0.25, -0.2) is 0 Å². The molecule has 1 aliphatic rings. The van der Waals surface area contributed by atoms with Crippen LogP contribution in [0.15, 0.2) is 48.5 Å². The quantitative estimate of drug-likeness (QED) is 0.721. The van der Waals surface area contributed by atoms with Gasteiger partial charge in [0.25, 0.3) is 0 Å². The number of nitrogens with one attached hydrogen (secondary N) is 1. The SMILES string of the molecule is O=C(Cn1nnc(-c2ccc(Cl)cc2)n1)NCC1COc2ccccc2O1. The number of para-hydroxylation sites is 2. The Morgan fingerprint density at radius 2 is 1.96 bits per heavy atom. The van der Waals surface area contributed by atoms with E-state index in [4.69, 9.17) is 21.1 Å². The Bertz CT molecular complexity index is 944. The van der Waals surface area contributed by atoms with Crippen LogP contribution in [0.2, 0.25) is 5.02 Å². The number of halogens is 1. The van der Waals surface area contributed by atoms with Gasteiger partial charge in [-0.15, -0.1) is 10.2 Å². The lowest BCUT2D eigenvalue weighted by Gasteiger charge is -2.26. The molecule has 0 spiro atoms. The Morgan fingerprint density at radius 3 is 2.78 bits per heavy atom. The van der Waals surface area contributed by atoms with Gasteiger partial charge in [0.1, 0.15) is 19.3 Å². The summed E-state index contributed by atoms with van der Waals surface area (Å²) in [5.74, 6) is 1.58. The van der Waals surface area contributed by atoms with E-state index >= 15 is 0 Å². The molecule has 1 amide bonds. The first-order chi connectivity index (χ1) is 13.2. The Morgan fingerprint density at radius 1 is 1.19 bits per heavy atom. The largest absolute Gasteiger partial charge is 0.486 e. The van der Waals surface area contributed by atoms with E-state index in [9.17, 15) is 4.79 Å². The number of hydrogen-bond acceptors (Lipinski definition) is 6. The van der Waals surface area contributed by atoms with Gasteiger partial charge in [-0.1, -0.05) is 23.7 Å². The van der Waals surface area contributed by atoms with E-state index in [2.05, 4.69) is 20.7 Å². The van der Waals surface area contributed by atoms with Gasteiger partial charge in [0.2, 0.25) is 11.7 Å². The molecule has 0 aliphatic carbocycles. The topological polar surface area (TPSA) is 91.2 Å². The number of hydrogen-bond donors (Lipinski definition) is 1. The summed E-state index contributed by atoms with van der Waals surface area (Å²) in [6.07, 6.45) is -0.253. The summed E-state index contributed by atoms with van der Waals surface area (Å²) in [4.78, 5) is 13.4. The van der Waals surface area contributed by atoms with Crippen LogP contribution in [-0.2, 0) is 11.3 Å². The molecule has 1 atom stereocenters. The highest BCUT2D eigenvalue weighted by molar-refractivity contribution is 6.30. The minimum Gasteiger partial charge on any atom is -0.486 e. The van der Waals surface area contributed by atoms with E-state index in [0.29, 0.717) is 35.5 Å². The fourth-order valence-corrected chi connectivity index (χ4v) is 2.73. The zero-order valence-electron chi connectivity index (χ0n) is 14.2. The second-order valence-corrected chi connectivity index (χ2v) is 6.39. The van der Waals surface area contributed by atoms with Gasteiger partial charge in [-0.05, 0) is 41.6 Å². The molecule has 4 rings (SSSR count). The number of fused-ring (bicyclic) bond motifs is 1. The second kappa shape index (κ2) is 7.63. The number of carbonyl (C=O) groups is 1. The van der Waals surface area contributed by atoms with Crippen molar-refractivity contribution in [1.29, 1.82) is 0 Å². The standard InChI is InChI=1S/C18H16ClN5O3/c19-13-7-5-12(6-8-13)18-21-23-24(22-18)10-17(25)20-9-14-11-26-15-3-1-2-4-16(15)27-14/h1-8,14H,9-11H2,(H,20,25). The smallest absolute Gasteiger partial charge is 0.243 e. The monoisotopic (exact) mass is 385 g/mol. The molecule has 0 radical (unpaired) electrons. The predicted molar refractivity (Wildman–Crippen MR) is 97.6 cm³/mol. The summed E-state index contributed by atoms with van der Waals surface area (Å²) in [5.41, 5.74) is 0.775. The lowest BCUT2D eigenvalue weighted by Crippen LogP contribution is -2.41. The average molecular weight is 386 g/mol. The van der Waals surface area contributed by atoms with Crippen LogP contribution in [0.1, 0.15) is 0 Å². The zero-order valence-corrected chi connectivity index (χ0v) is 15.0. The van der Waals surface area contributed by atoms with Gasteiger partial charge in [0, 0.05) is 10.6 Å². The first-order valence-corrected chi connectivity index (χ1v) is 8.74. The first-order valence-electron chi connectivity index (χ1n) is 8.36. The van der Waals surface area contributed by atoms with Crippen LogP contribution in [0.4, 0.5) is 0 Å². The molecule has 138 valence electrons. The van der Waals surface area contributed by atoms with Gasteiger partial charge in [-0.2, -0.15) is 4.80 Å². The molecule has 1 unspecified atom stereocenters. The second-order valence-electron chi connectivity index (χ2n) is 5.95. The molecule has 1 N–H and O–H groups in total. The molecule has 27 heavy (non-hydrogen) atoms. The molecule has 8 nitrogen and oxygen atoms in total. The van der Waals surface area contributed by atoms with Crippen LogP contribution in [0.25, 0.3) is 11.4 Å². The lowest BCUT2D eigenvalue weighted by molar-refractivity contribution is -0.122. The highest BCUT2D eigenvalue weighted by Gasteiger charge is 2.21. The van der Waals surface area contributed by atoms with Gasteiger partial charge in [0.05, 0.1) is 6.54 Å². The van der Waals surface area contributed by atoms with Crippen molar-refractivity contribution in [1.82, 2.24) is 25.5 Å². The molecule has 1 aromatic heterocycles. The number of benzene rings is 2. The van der Waals surface area contributed by atoms with E-state index in [0.717, 1.165) is 5.56 Å². The van der Waals surface area contributed by atoms with Crippen molar-refractivity contribution in [3.63, 3.8) is 0 Å². The number of rotatable bonds is 5. The molecule has 1 aliphatic heterocycles. The fraction of sp³-hybridized carbons (Fsp3) is 0.222. The maximum Gasteiger partial charge on any atom is 0.243 e. The summed E-state index contributed by atoms with van der Waals surface area (Å²) in [6, 6.07) is 14.5. The van der Waals surface area contributed by atoms with Gasteiger partial charge >= 0.3 is 0 Å². The van der Waals surface area contributed by atoms with Crippen LogP contribution in [0.5, 0.6) is 11.5 Å². The molecular formula is C18H16ClN5O3. The van der Waals surface area contributed by atoms with E-state index in [1.54, 1.807) is 24.3 Å². The zero-order chi connectivity index (χ0) is 18.6. The van der Waals surface area contributed by atoms with Crippen LogP contribution >= 0.6 is 11.6 Å². The van der Waals surface area contributed by atoms with Crippen LogP contribution in [-0.4, -0.2) is 45.4 Å². The van der Waals surface area contributed by atoms with Crippen LogP contribution in [0.3, 0.4) is 0 Å². The first kappa shape index (κ1) is 17.3. The molecular weight excluding hydrogens is 370 g/mol. The van der Waals surface area contributed by atoms with Crippen molar-refractivity contribution in [2.75, 3.05) is 13.2 Å². The maximum absolute atomic E-state index is 12.1. The predicted octanol–water partition coefficient (Wildman–Crippen LogP) is 1.95. The van der Waals surface area contributed by atoms with Crippen molar-refractivity contribution in [3.05, 3.63) is 53.6 Å². The number of ether oxygens (including phenoxy) is 2. The van der Waals surface area contributed by atoms with Gasteiger partial charge in [0.15, 0.2) is 11.5 Å². The molecule has 0 saturated carbocycles. The van der Waals surface area contributed by atoms with E-state index in [-0.39, 0.29) is 18.6 Å². The Balaban J connectivity index is 1.29. The number of nitrogens with zero attached hydrogens (tertiary/aromatic N) is 4. The van der Waals surface area contributed by atoms with E-state index in [1.165, 1.54) is 4.80 Å². The highest BCUT2D eigenvalue weighted by Crippen LogP contribution is 2.30. The summed E-state index contributed by atoms with van der Waals surface area (Å²) in [6.45, 7) is 0.663. The van der Waals surface area contributed by atoms with E-state index < -0.39 is 0 Å². The van der Waals surface area contributed by atoms with Crippen molar-refractivity contribution < 1.29 is 14.3 Å². The fourth-order valence-electron chi connectivity index (χ4n) is 2.60. The highest BCUT2D eigenvalue weighted by atomic mass is 35.5. The number of amides is 1. The van der Waals surface area contributed by atoms with Crippen LogP contribution < -0.4 is 14.8 Å². The number of aromatic nitrogens is 4. The molecule has 0 saturated heterocycles.